The second-order valence-corrected chi connectivity index (χ2v) is 4.97. The fourth-order valence-corrected chi connectivity index (χ4v) is 2.77. The van der Waals surface area contributed by atoms with Crippen molar-refractivity contribution in [1.82, 2.24) is 4.90 Å². The number of rotatable bonds is 3. The molecule has 1 fully saturated rings. The Bertz CT molecular complexity index is 451. The molecule has 2 rings (SSSR count). The molecular formula is C13H15Cl2NO2. The van der Waals surface area contributed by atoms with Gasteiger partial charge in [-0.2, -0.15) is 0 Å². The molecule has 3 nitrogen and oxygen atoms in total. The number of amides is 1. The Balaban J connectivity index is 2.35. The third kappa shape index (κ3) is 2.57. The highest BCUT2D eigenvalue weighted by Crippen LogP contribution is 2.38. The molecule has 1 unspecified atom stereocenters. The van der Waals surface area contributed by atoms with Crippen LogP contribution in [0.1, 0.15) is 24.4 Å². The van der Waals surface area contributed by atoms with Gasteiger partial charge in [0.25, 0.3) is 0 Å². The molecule has 0 spiro atoms. The van der Waals surface area contributed by atoms with Crippen LogP contribution >= 0.6 is 23.2 Å². The van der Waals surface area contributed by atoms with Crippen LogP contribution < -0.4 is 4.74 Å². The molecule has 1 atom stereocenters. The Kier molecular flexibility index (Phi) is 4.36. The van der Waals surface area contributed by atoms with E-state index >= 15 is 0 Å². The van der Waals surface area contributed by atoms with Crippen LogP contribution in [0.15, 0.2) is 18.2 Å². The number of hydrogen-bond donors (Lipinski definition) is 0. The quantitative estimate of drug-likeness (QED) is 0.799. The van der Waals surface area contributed by atoms with Crippen molar-refractivity contribution < 1.29 is 9.53 Å². The van der Waals surface area contributed by atoms with Crippen LogP contribution in [0.5, 0.6) is 5.75 Å². The highest BCUT2D eigenvalue weighted by Gasteiger charge is 2.31. The lowest BCUT2D eigenvalue weighted by atomic mass is 10.0. The van der Waals surface area contributed by atoms with Crippen molar-refractivity contribution in [2.75, 3.05) is 19.5 Å². The topological polar surface area (TPSA) is 29.5 Å². The van der Waals surface area contributed by atoms with Crippen molar-refractivity contribution in [1.29, 1.82) is 0 Å². The van der Waals surface area contributed by atoms with Crippen LogP contribution in [0.3, 0.4) is 0 Å². The Morgan fingerprint density at radius 2 is 2.33 bits per heavy atom. The van der Waals surface area contributed by atoms with E-state index in [0.717, 1.165) is 30.7 Å². The Morgan fingerprint density at radius 3 is 3.00 bits per heavy atom. The van der Waals surface area contributed by atoms with Crippen LogP contribution in [0.4, 0.5) is 0 Å². The zero-order valence-electron chi connectivity index (χ0n) is 10.2. The minimum Gasteiger partial charge on any atom is -0.496 e. The summed E-state index contributed by atoms with van der Waals surface area (Å²) in [4.78, 5) is 13.6. The number of hydrogen-bond acceptors (Lipinski definition) is 2. The summed E-state index contributed by atoms with van der Waals surface area (Å²) >= 11 is 11.7. The molecule has 0 radical (unpaired) electrons. The standard InChI is InChI=1S/C13H15Cl2NO2/c1-18-12-5-4-9(15)7-10(12)11-3-2-6-16(11)13(17)8-14/h4-5,7,11H,2-3,6,8H2,1H3. The van der Waals surface area contributed by atoms with E-state index in [-0.39, 0.29) is 17.8 Å². The molecule has 18 heavy (non-hydrogen) atoms. The maximum absolute atomic E-state index is 11.8. The second kappa shape index (κ2) is 5.81. The first kappa shape index (κ1) is 13.5. The van der Waals surface area contributed by atoms with Gasteiger partial charge in [0.1, 0.15) is 11.6 Å². The second-order valence-electron chi connectivity index (χ2n) is 4.27. The van der Waals surface area contributed by atoms with E-state index in [0.29, 0.717) is 5.02 Å². The van der Waals surface area contributed by atoms with Crippen LogP contribution in [-0.4, -0.2) is 30.3 Å². The smallest absolute Gasteiger partial charge is 0.238 e. The first-order valence-electron chi connectivity index (χ1n) is 5.86. The molecule has 1 aliphatic heterocycles. The monoisotopic (exact) mass is 287 g/mol. The van der Waals surface area contributed by atoms with Crippen molar-refractivity contribution >= 4 is 29.1 Å². The molecular weight excluding hydrogens is 273 g/mol. The number of methoxy groups -OCH3 is 1. The summed E-state index contributed by atoms with van der Waals surface area (Å²) in [5, 5.41) is 0.649. The number of carbonyl (C=O) groups excluding carboxylic acids is 1. The average molecular weight is 288 g/mol. The SMILES string of the molecule is COc1ccc(Cl)cc1C1CCCN1C(=O)CCl. The molecule has 1 saturated heterocycles. The zero-order chi connectivity index (χ0) is 13.1. The number of halogens is 2. The van der Waals surface area contributed by atoms with Gasteiger partial charge in [0.2, 0.25) is 5.91 Å². The molecule has 0 N–H and O–H groups in total. The van der Waals surface area contributed by atoms with Crippen molar-refractivity contribution in [3.8, 4) is 5.75 Å². The molecule has 0 aromatic heterocycles. The van der Waals surface area contributed by atoms with Gasteiger partial charge in [-0.3, -0.25) is 4.79 Å². The minimum absolute atomic E-state index is 0.0133. The molecule has 0 aliphatic carbocycles. The van der Waals surface area contributed by atoms with Gasteiger partial charge in [-0.15, -0.1) is 11.6 Å². The van der Waals surface area contributed by atoms with Gasteiger partial charge in [0.15, 0.2) is 0 Å². The molecule has 1 aromatic carbocycles. The van der Waals surface area contributed by atoms with E-state index in [1.165, 1.54) is 0 Å². The first-order valence-corrected chi connectivity index (χ1v) is 6.77. The fraction of sp³-hybridized carbons (Fsp3) is 0.462. The van der Waals surface area contributed by atoms with Crippen LogP contribution in [-0.2, 0) is 4.79 Å². The van der Waals surface area contributed by atoms with Crippen molar-refractivity contribution in [2.45, 2.75) is 18.9 Å². The molecule has 1 aromatic rings. The lowest BCUT2D eigenvalue weighted by molar-refractivity contribution is -0.129. The molecule has 5 heteroatoms. The van der Waals surface area contributed by atoms with E-state index in [9.17, 15) is 4.79 Å². The van der Waals surface area contributed by atoms with Crippen molar-refractivity contribution in [3.63, 3.8) is 0 Å². The maximum Gasteiger partial charge on any atom is 0.238 e. The molecule has 0 bridgehead atoms. The average Bonchev–Trinajstić information content (AvgIpc) is 2.86. The normalized spacial score (nSPS) is 19.1. The third-order valence-electron chi connectivity index (χ3n) is 3.24. The molecule has 0 saturated carbocycles. The predicted molar refractivity (Wildman–Crippen MR) is 72.4 cm³/mol. The number of alkyl halides is 1. The van der Waals surface area contributed by atoms with E-state index in [1.807, 2.05) is 12.1 Å². The number of benzene rings is 1. The van der Waals surface area contributed by atoms with E-state index in [2.05, 4.69) is 0 Å². The van der Waals surface area contributed by atoms with Crippen LogP contribution in [0.25, 0.3) is 0 Å². The molecule has 1 aliphatic rings. The van der Waals surface area contributed by atoms with Gasteiger partial charge < -0.3 is 9.64 Å². The van der Waals surface area contributed by atoms with Gasteiger partial charge in [-0.1, -0.05) is 11.6 Å². The van der Waals surface area contributed by atoms with Gasteiger partial charge in [0.05, 0.1) is 13.2 Å². The summed E-state index contributed by atoms with van der Waals surface area (Å²) in [6.07, 6.45) is 1.89. The summed E-state index contributed by atoms with van der Waals surface area (Å²) in [6.45, 7) is 0.742. The lowest BCUT2D eigenvalue weighted by Gasteiger charge is -2.25. The van der Waals surface area contributed by atoms with Gasteiger partial charge in [-0.05, 0) is 31.0 Å². The Labute approximate surface area is 117 Å². The largest absolute Gasteiger partial charge is 0.496 e. The minimum atomic E-state index is -0.0406. The highest BCUT2D eigenvalue weighted by molar-refractivity contribution is 6.30. The fourth-order valence-electron chi connectivity index (χ4n) is 2.43. The summed E-state index contributed by atoms with van der Waals surface area (Å²) < 4.78 is 5.34. The number of likely N-dealkylation sites (tertiary alicyclic amines) is 1. The number of carbonyl (C=O) groups is 1. The summed E-state index contributed by atoms with van der Waals surface area (Å²) in [5.41, 5.74) is 0.959. The van der Waals surface area contributed by atoms with E-state index in [4.69, 9.17) is 27.9 Å². The first-order chi connectivity index (χ1) is 8.67. The van der Waals surface area contributed by atoms with Gasteiger partial charge in [-0.25, -0.2) is 0 Å². The highest BCUT2D eigenvalue weighted by atomic mass is 35.5. The predicted octanol–water partition coefficient (Wildman–Crippen LogP) is 3.25. The van der Waals surface area contributed by atoms with Crippen LogP contribution in [0, 0.1) is 0 Å². The zero-order valence-corrected chi connectivity index (χ0v) is 11.7. The van der Waals surface area contributed by atoms with E-state index < -0.39 is 0 Å². The summed E-state index contributed by atoms with van der Waals surface area (Å²) in [6, 6.07) is 5.50. The van der Waals surface area contributed by atoms with Gasteiger partial charge in [0, 0.05) is 17.1 Å². The number of ether oxygens (including phenoxy) is 1. The van der Waals surface area contributed by atoms with Crippen LogP contribution in [0.2, 0.25) is 5.02 Å². The molecule has 1 amide bonds. The third-order valence-corrected chi connectivity index (χ3v) is 3.70. The summed E-state index contributed by atoms with van der Waals surface area (Å²) in [5.74, 6) is 0.735. The maximum atomic E-state index is 11.8. The van der Waals surface area contributed by atoms with Gasteiger partial charge >= 0.3 is 0 Å². The Hall–Kier alpha value is -0.930. The van der Waals surface area contributed by atoms with Crippen molar-refractivity contribution in [2.24, 2.45) is 0 Å². The molecule has 1 heterocycles. The molecule has 98 valence electrons. The van der Waals surface area contributed by atoms with Crippen molar-refractivity contribution in [3.05, 3.63) is 28.8 Å². The Morgan fingerprint density at radius 1 is 1.56 bits per heavy atom. The number of nitrogens with zero attached hydrogens (tertiary/aromatic N) is 1. The van der Waals surface area contributed by atoms with E-state index in [1.54, 1.807) is 18.1 Å². The summed E-state index contributed by atoms with van der Waals surface area (Å²) in [7, 11) is 1.62. The lowest BCUT2D eigenvalue weighted by Crippen LogP contribution is -2.31.